The van der Waals surface area contributed by atoms with Crippen LogP contribution in [-0.4, -0.2) is 22.2 Å². The van der Waals surface area contributed by atoms with Crippen molar-refractivity contribution in [3.8, 4) is 17.4 Å². The summed E-state index contributed by atoms with van der Waals surface area (Å²) in [5, 5.41) is 5.27. The van der Waals surface area contributed by atoms with Gasteiger partial charge in [-0.2, -0.15) is 8.78 Å². The Labute approximate surface area is 135 Å². The number of halogens is 3. The molecule has 2 aromatic rings. The summed E-state index contributed by atoms with van der Waals surface area (Å²) in [6, 6.07) is 8.50. The molecule has 0 spiro atoms. The summed E-state index contributed by atoms with van der Waals surface area (Å²) in [7, 11) is 0. The van der Waals surface area contributed by atoms with E-state index >= 15 is 0 Å². The molecule has 2 rings (SSSR count). The third-order valence-corrected chi connectivity index (χ3v) is 2.99. The van der Waals surface area contributed by atoms with Crippen LogP contribution in [0, 0.1) is 0 Å². The number of aliphatic carboxylic acids is 1. The van der Waals surface area contributed by atoms with Gasteiger partial charge >= 0.3 is 11.4 Å². The van der Waals surface area contributed by atoms with Crippen LogP contribution in [0.2, 0.25) is 0 Å². The first-order valence-corrected chi connectivity index (χ1v) is 6.84. The fourth-order valence-electron chi connectivity index (χ4n) is 1.57. The van der Waals surface area contributed by atoms with Crippen LogP contribution in [0.3, 0.4) is 0 Å². The van der Waals surface area contributed by atoms with Crippen LogP contribution < -0.4 is 9.47 Å². The van der Waals surface area contributed by atoms with Gasteiger partial charge in [0, 0.05) is 12.3 Å². The molecule has 0 aliphatic heterocycles. The summed E-state index contributed by atoms with van der Waals surface area (Å²) in [6.45, 7) is 1.41. The number of carbonyl (C=O) groups is 1. The monoisotopic (exact) mass is 343 g/mol. The average molecular weight is 344 g/mol. The predicted molar refractivity (Wildman–Crippen MR) is 78.2 cm³/mol. The van der Waals surface area contributed by atoms with Gasteiger partial charge in [-0.1, -0.05) is 0 Å². The Hall–Kier alpha value is -2.41. The fourth-order valence-corrected chi connectivity index (χ4v) is 1.68. The number of aromatic nitrogens is 1. The zero-order chi connectivity index (χ0) is 17.0. The fraction of sp³-hybridized carbons (Fsp3) is 0.200. The van der Waals surface area contributed by atoms with Gasteiger partial charge < -0.3 is 14.6 Å². The van der Waals surface area contributed by atoms with E-state index in [-0.39, 0.29) is 5.88 Å². The van der Waals surface area contributed by atoms with E-state index in [4.69, 9.17) is 26.2 Å². The predicted octanol–water partition coefficient (Wildman–Crippen LogP) is 4.01. The molecule has 122 valence electrons. The van der Waals surface area contributed by atoms with E-state index in [9.17, 15) is 13.6 Å². The van der Waals surface area contributed by atoms with Crippen LogP contribution in [0.1, 0.15) is 12.5 Å². The van der Waals surface area contributed by atoms with E-state index in [2.05, 4.69) is 4.98 Å². The Morgan fingerprint density at radius 2 is 1.83 bits per heavy atom. The molecular formula is C15H12ClF2NO4. The van der Waals surface area contributed by atoms with Crippen molar-refractivity contribution in [1.29, 1.82) is 0 Å². The van der Waals surface area contributed by atoms with Gasteiger partial charge in [-0.05, 0) is 48.9 Å². The summed E-state index contributed by atoms with van der Waals surface area (Å²) in [4.78, 5) is 14.4. The summed E-state index contributed by atoms with van der Waals surface area (Å²) in [5.74, 6) is -0.219. The lowest BCUT2D eigenvalue weighted by Gasteiger charge is -2.11. The van der Waals surface area contributed by atoms with E-state index in [1.54, 1.807) is 0 Å². The van der Waals surface area contributed by atoms with Crippen molar-refractivity contribution in [3.63, 3.8) is 0 Å². The quantitative estimate of drug-likeness (QED) is 0.802. The highest BCUT2D eigenvalue weighted by atomic mass is 35.5. The van der Waals surface area contributed by atoms with E-state index < -0.39 is 23.0 Å². The molecule has 0 saturated heterocycles. The van der Waals surface area contributed by atoms with Crippen molar-refractivity contribution >= 4 is 17.6 Å². The molecule has 23 heavy (non-hydrogen) atoms. The summed E-state index contributed by atoms with van der Waals surface area (Å²) < 4.78 is 36.2. The summed E-state index contributed by atoms with van der Waals surface area (Å²) in [5.41, 5.74) is -0.432. The van der Waals surface area contributed by atoms with Gasteiger partial charge in [-0.25, -0.2) is 9.78 Å². The van der Waals surface area contributed by atoms with Crippen molar-refractivity contribution in [2.45, 2.75) is 18.4 Å². The molecule has 1 aromatic carbocycles. The number of carboxylic acids is 1. The molecule has 8 heteroatoms. The first kappa shape index (κ1) is 17.0. The molecule has 0 saturated carbocycles. The smallest absolute Gasteiger partial charge is 0.349 e. The Morgan fingerprint density at radius 3 is 2.30 bits per heavy atom. The molecule has 0 amide bonds. The molecule has 1 atom stereocenters. The molecule has 0 radical (unpaired) electrons. The topological polar surface area (TPSA) is 68.7 Å². The highest BCUT2D eigenvalue weighted by molar-refractivity contribution is 6.21. The van der Waals surface area contributed by atoms with Gasteiger partial charge in [0.2, 0.25) is 5.88 Å². The molecule has 0 unspecified atom stereocenters. The number of alkyl halides is 3. The largest absolute Gasteiger partial charge is 0.479 e. The van der Waals surface area contributed by atoms with Gasteiger partial charge in [0.15, 0.2) is 6.10 Å². The van der Waals surface area contributed by atoms with E-state index in [0.29, 0.717) is 11.5 Å². The maximum atomic E-state index is 12.8. The molecule has 0 aliphatic carbocycles. The number of hydrogen-bond donors (Lipinski definition) is 1. The Kier molecular flexibility index (Phi) is 5.00. The average Bonchev–Trinajstić information content (AvgIpc) is 2.49. The van der Waals surface area contributed by atoms with Crippen LogP contribution in [0.15, 0.2) is 42.6 Å². The number of pyridine rings is 1. The molecular weight excluding hydrogens is 332 g/mol. The van der Waals surface area contributed by atoms with Crippen LogP contribution >= 0.6 is 11.6 Å². The second-order valence-corrected chi connectivity index (χ2v) is 5.03. The zero-order valence-corrected chi connectivity index (χ0v) is 12.6. The second-order valence-electron chi connectivity index (χ2n) is 4.55. The van der Waals surface area contributed by atoms with Crippen LogP contribution in [0.25, 0.3) is 0 Å². The summed E-state index contributed by atoms with van der Waals surface area (Å²) >= 11 is 4.88. The molecule has 0 fully saturated rings. The lowest BCUT2D eigenvalue weighted by atomic mass is 10.3. The van der Waals surface area contributed by atoms with Gasteiger partial charge in [0.25, 0.3) is 0 Å². The molecule has 1 N–H and O–H groups in total. The van der Waals surface area contributed by atoms with E-state index in [0.717, 1.165) is 12.3 Å². The van der Waals surface area contributed by atoms with Crippen molar-refractivity contribution in [2.75, 3.05) is 0 Å². The summed E-state index contributed by atoms with van der Waals surface area (Å²) in [6.07, 6.45) is -0.0536. The SMILES string of the molecule is C[C@@H](Oc1ccc(Oc2ccc(C(F)(F)Cl)cn2)cc1)C(=O)O. The lowest BCUT2D eigenvalue weighted by Crippen LogP contribution is -2.22. The van der Waals surface area contributed by atoms with E-state index in [1.165, 1.54) is 37.3 Å². The Morgan fingerprint density at radius 1 is 1.22 bits per heavy atom. The maximum absolute atomic E-state index is 12.8. The number of nitrogens with zero attached hydrogens (tertiary/aromatic N) is 1. The zero-order valence-electron chi connectivity index (χ0n) is 11.9. The highest BCUT2D eigenvalue weighted by Gasteiger charge is 2.28. The number of hydrogen-bond acceptors (Lipinski definition) is 4. The number of rotatable bonds is 6. The van der Waals surface area contributed by atoms with Crippen LogP contribution in [0.5, 0.6) is 17.4 Å². The third kappa shape index (κ3) is 4.79. The van der Waals surface area contributed by atoms with Gasteiger partial charge in [-0.3, -0.25) is 0 Å². The minimum atomic E-state index is -3.48. The molecule has 0 aliphatic rings. The number of carboxylic acid groups (broad SMARTS) is 1. The minimum Gasteiger partial charge on any atom is -0.479 e. The highest BCUT2D eigenvalue weighted by Crippen LogP contribution is 2.32. The minimum absolute atomic E-state index is 0.113. The van der Waals surface area contributed by atoms with E-state index in [1.807, 2.05) is 0 Å². The van der Waals surface area contributed by atoms with Gasteiger partial charge in [0.05, 0.1) is 5.56 Å². The van der Waals surface area contributed by atoms with Gasteiger partial charge in [-0.15, -0.1) is 0 Å². The van der Waals surface area contributed by atoms with Crippen molar-refractivity contribution in [1.82, 2.24) is 4.98 Å². The van der Waals surface area contributed by atoms with Crippen molar-refractivity contribution in [2.24, 2.45) is 0 Å². The normalized spacial score (nSPS) is 12.5. The molecule has 1 heterocycles. The molecule has 0 bridgehead atoms. The standard InChI is InChI=1S/C15H12ClF2NO4/c1-9(14(20)21)22-11-3-5-12(6-4-11)23-13-7-2-10(8-19-13)15(16,17)18/h2-9H,1H3,(H,20,21)/t9-/m1/s1. The van der Waals surface area contributed by atoms with Crippen molar-refractivity contribution < 1.29 is 28.2 Å². The number of ether oxygens (including phenoxy) is 2. The number of benzene rings is 1. The third-order valence-electron chi connectivity index (χ3n) is 2.77. The lowest BCUT2D eigenvalue weighted by molar-refractivity contribution is -0.144. The Balaban J connectivity index is 2.02. The maximum Gasteiger partial charge on any atom is 0.349 e. The van der Waals surface area contributed by atoms with Crippen molar-refractivity contribution in [3.05, 3.63) is 48.2 Å². The van der Waals surface area contributed by atoms with Crippen LogP contribution in [-0.2, 0) is 10.2 Å². The molecule has 1 aromatic heterocycles. The first-order chi connectivity index (χ1) is 10.8. The second kappa shape index (κ2) is 6.78. The van der Waals surface area contributed by atoms with Crippen LogP contribution in [0.4, 0.5) is 8.78 Å². The Bertz CT molecular complexity index is 671. The first-order valence-electron chi connectivity index (χ1n) is 6.46. The van der Waals surface area contributed by atoms with Gasteiger partial charge in [0.1, 0.15) is 11.5 Å². The molecule has 5 nitrogen and oxygen atoms in total.